The predicted molar refractivity (Wildman–Crippen MR) is 72.7 cm³/mol. The van der Waals surface area contributed by atoms with Gasteiger partial charge in [-0.05, 0) is 12.1 Å². The molecule has 1 aliphatic heterocycles. The molecule has 0 aromatic heterocycles. The second kappa shape index (κ2) is 5.61. The molecule has 4 nitrogen and oxygen atoms in total. The van der Waals surface area contributed by atoms with E-state index in [1.54, 1.807) is 25.1 Å². The van der Waals surface area contributed by atoms with Gasteiger partial charge in [0.25, 0.3) is 0 Å². The SMILES string of the molecule is CCCC1(c2cccc(S(=O)(=O)CC)c2)OCCO1. The van der Waals surface area contributed by atoms with Gasteiger partial charge in [0, 0.05) is 12.0 Å². The number of sulfone groups is 1. The van der Waals surface area contributed by atoms with Crippen molar-refractivity contribution in [3.05, 3.63) is 29.8 Å². The van der Waals surface area contributed by atoms with Gasteiger partial charge in [-0.25, -0.2) is 8.42 Å². The molecular formula is C14H20O4S. The fourth-order valence-electron chi connectivity index (χ4n) is 2.33. The van der Waals surface area contributed by atoms with E-state index >= 15 is 0 Å². The highest BCUT2D eigenvalue weighted by Crippen LogP contribution is 2.36. The number of hydrogen-bond acceptors (Lipinski definition) is 4. The maximum absolute atomic E-state index is 11.9. The van der Waals surface area contributed by atoms with E-state index in [4.69, 9.17) is 9.47 Å². The fraction of sp³-hybridized carbons (Fsp3) is 0.571. The first kappa shape index (κ1) is 14.5. The normalized spacial score (nSPS) is 18.6. The molecule has 0 saturated carbocycles. The Hall–Kier alpha value is -0.910. The summed E-state index contributed by atoms with van der Waals surface area (Å²) in [4.78, 5) is 0.335. The standard InChI is InChI=1S/C14H20O4S/c1-3-8-14(17-9-10-18-14)12-6-5-7-13(11-12)19(15,16)4-2/h5-7,11H,3-4,8-10H2,1-2H3. The first-order chi connectivity index (χ1) is 9.04. The van der Waals surface area contributed by atoms with Crippen molar-refractivity contribution in [1.29, 1.82) is 0 Å². The van der Waals surface area contributed by atoms with Crippen molar-refractivity contribution < 1.29 is 17.9 Å². The Bertz CT molecular complexity index is 530. The van der Waals surface area contributed by atoms with Crippen LogP contribution in [0.3, 0.4) is 0 Å². The summed E-state index contributed by atoms with van der Waals surface area (Å²) in [6.45, 7) is 4.79. The van der Waals surface area contributed by atoms with Gasteiger partial charge in [0.2, 0.25) is 0 Å². The lowest BCUT2D eigenvalue weighted by Crippen LogP contribution is -2.27. The first-order valence-corrected chi connectivity index (χ1v) is 8.30. The van der Waals surface area contributed by atoms with Crippen molar-refractivity contribution in [2.45, 2.75) is 37.4 Å². The predicted octanol–water partition coefficient (Wildman–Crippen LogP) is 2.48. The molecule has 0 amide bonds. The Kier molecular flexibility index (Phi) is 4.28. The Balaban J connectivity index is 2.42. The smallest absolute Gasteiger partial charge is 0.195 e. The monoisotopic (exact) mass is 284 g/mol. The van der Waals surface area contributed by atoms with E-state index in [0.717, 1.165) is 18.4 Å². The lowest BCUT2D eigenvalue weighted by molar-refractivity contribution is -0.171. The lowest BCUT2D eigenvalue weighted by Gasteiger charge is -2.27. The van der Waals surface area contributed by atoms with E-state index in [-0.39, 0.29) is 5.75 Å². The second-order valence-corrected chi connectivity index (χ2v) is 6.91. The number of benzene rings is 1. The Morgan fingerprint density at radius 2 is 1.89 bits per heavy atom. The van der Waals surface area contributed by atoms with Crippen molar-refractivity contribution in [1.82, 2.24) is 0 Å². The van der Waals surface area contributed by atoms with Gasteiger partial charge in [0.1, 0.15) is 0 Å². The average molecular weight is 284 g/mol. The summed E-state index contributed by atoms with van der Waals surface area (Å²) in [5, 5.41) is 0. The van der Waals surface area contributed by atoms with Crippen LogP contribution in [-0.4, -0.2) is 27.4 Å². The van der Waals surface area contributed by atoms with Crippen LogP contribution in [0.4, 0.5) is 0 Å². The Morgan fingerprint density at radius 1 is 1.21 bits per heavy atom. The molecule has 1 saturated heterocycles. The molecule has 106 valence electrons. The van der Waals surface area contributed by atoms with Crippen molar-refractivity contribution in [3.63, 3.8) is 0 Å². The van der Waals surface area contributed by atoms with Gasteiger partial charge in [-0.1, -0.05) is 32.4 Å². The Labute approximate surface area is 114 Å². The minimum atomic E-state index is -3.20. The molecule has 0 unspecified atom stereocenters. The zero-order valence-corrected chi connectivity index (χ0v) is 12.2. The van der Waals surface area contributed by atoms with E-state index in [9.17, 15) is 8.42 Å². The molecule has 0 radical (unpaired) electrons. The molecule has 0 spiro atoms. The molecule has 0 aliphatic carbocycles. The van der Waals surface area contributed by atoms with Crippen LogP contribution in [0.5, 0.6) is 0 Å². The lowest BCUT2D eigenvalue weighted by atomic mass is 10.0. The third-order valence-electron chi connectivity index (χ3n) is 3.35. The summed E-state index contributed by atoms with van der Waals surface area (Å²) >= 11 is 0. The van der Waals surface area contributed by atoms with Gasteiger partial charge in [0.15, 0.2) is 15.6 Å². The highest BCUT2D eigenvalue weighted by Gasteiger charge is 2.38. The summed E-state index contributed by atoms with van der Waals surface area (Å²) in [5.74, 6) is -0.674. The fourth-order valence-corrected chi connectivity index (χ4v) is 3.26. The van der Waals surface area contributed by atoms with E-state index in [0.29, 0.717) is 18.1 Å². The van der Waals surface area contributed by atoms with Crippen LogP contribution < -0.4 is 0 Å². The molecule has 0 atom stereocenters. The summed E-state index contributed by atoms with van der Waals surface area (Å²) in [7, 11) is -3.20. The van der Waals surface area contributed by atoms with Gasteiger partial charge < -0.3 is 9.47 Å². The van der Waals surface area contributed by atoms with Crippen molar-refractivity contribution in [2.75, 3.05) is 19.0 Å². The average Bonchev–Trinajstić information content (AvgIpc) is 2.89. The van der Waals surface area contributed by atoms with Crippen molar-refractivity contribution in [3.8, 4) is 0 Å². The molecule has 1 fully saturated rings. The Morgan fingerprint density at radius 3 is 2.47 bits per heavy atom. The largest absolute Gasteiger partial charge is 0.343 e. The van der Waals surface area contributed by atoms with Crippen molar-refractivity contribution in [2.24, 2.45) is 0 Å². The maximum atomic E-state index is 11.9. The zero-order valence-electron chi connectivity index (χ0n) is 11.4. The molecule has 2 rings (SSSR count). The van der Waals surface area contributed by atoms with Gasteiger partial charge in [0.05, 0.1) is 23.9 Å². The number of rotatable bonds is 5. The number of ether oxygens (including phenoxy) is 2. The number of hydrogen-bond donors (Lipinski definition) is 0. The minimum Gasteiger partial charge on any atom is -0.343 e. The van der Waals surface area contributed by atoms with Crippen LogP contribution >= 0.6 is 0 Å². The highest BCUT2D eigenvalue weighted by atomic mass is 32.2. The summed E-state index contributed by atoms with van der Waals surface area (Å²) in [5.41, 5.74) is 0.793. The molecule has 1 aromatic carbocycles. The van der Waals surface area contributed by atoms with E-state index in [2.05, 4.69) is 6.92 Å². The minimum absolute atomic E-state index is 0.0962. The van der Waals surface area contributed by atoms with Crippen molar-refractivity contribution >= 4 is 9.84 Å². The quantitative estimate of drug-likeness (QED) is 0.833. The molecule has 5 heteroatoms. The van der Waals surface area contributed by atoms with Crippen LogP contribution in [0.25, 0.3) is 0 Å². The maximum Gasteiger partial charge on any atom is 0.195 e. The summed E-state index contributed by atoms with van der Waals surface area (Å²) in [6.07, 6.45) is 1.63. The van der Waals surface area contributed by atoms with E-state index in [1.165, 1.54) is 0 Å². The van der Waals surface area contributed by atoms with Gasteiger partial charge in [-0.3, -0.25) is 0 Å². The molecule has 1 heterocycles. The van der Waals surface area contributed by atoms with Crippen LogP contribution in [0.2, 0.25) is 0 Å². The first-order valence-electron chi connectivity index (χ1n) is 6.65. The van der Waals surface area contributed by atoms with Crippen LogP contribution in [0.1, 0.15) is 32.3 Å². The zero-order chi connectivity index (χ0) is 13.9. The third-order valence-corrected chi connectivity index (χ3v) is 5.08. The van der Waals surface area contributed by atoms with Gasteiger partial charge in [-0.15, -0.1) is 0 Å². The van der Waals surface area contributed by atoms with Crippen LogP contribution in [-0.2, 0) is 25.1 Å². The highest BCUT2D eigenvalue weighted by molar-refractivity contribution is 7.91. The molecular weight excluding hydrogens is 264 g/mol. The van der Waals surface area contributed by atoms with E-state index < -0.39 is 15.6 Å². The van der Waals surface area contributed by atoms with Crippen LogP contribution in [0, 0.1) is 0 Å². The summed E-state index contributed by atoms with van der Waals surface area (Å²) < 4.78 is 35.4. The molecule has 1 aliphatic rings. The van der Waals surface area contributed by atoms with Gasteiger partial charge >= 0.3 is 0 Å². The van der Waals surface area contributed by atoms with E-state index in [1.807, 2.05) is 6.07 Å². The molecule has 19 heavy (non-hydrogen) atoms. The summed E-state index contributed by atoms with van der Waals surface area (Å²) in [6, 6.07) is 6.92. The third kappa shape index (κ3) is 2.83. The molecule has 0 bridgehead atoms. The van der Waals surface area contributed by atoms with Crippen LogP contribution in [0.15, 0.2) is 29.2 Å². The topological polar surface area (TPSA) is 52.6 Å². The molecule has 0 N–H and O–H groups in total. The van der Waals surface area contributed by atoms with Gasteiger partial charge in [-0.2, -0.15) is 0 Å². The second-order valence-electron chi connectivity index (χ2n) is 4.63. The molecule has 1 aromatic rings.